The summed E-state index contributed by atoms with van der Waals surface area (Å²) in [7, 11) is 0. The Bertz CT molecular complexity index is 753. The van der Waals surface area contributed by atoms with Gasteiger partial charge in [-0.3, -0.25) is 9.59 Å². The van der Waals surface area contributed by atoms with E-state index in [-0.39, 0.29) is 17.3 Å². The molecule has 1 aliphatic carbocycles. The summed E-state index contributed by atoms with van der Waals surface area (Å²) in [6, 6.07) is 0.456. The molecule has 7 nitrogen and oxygen atoms in total. The van der Waals surface area contributed by atoms with Crippen LogP contribution in [0.2, 0.25) is 0 Å². The number of carbonyl (C=O) groups is 2. The Morgan fingerprint density at radius 2 is 1.89 bits per heavy atom. The number of aromatic nitrogens is 2. The third-order valence-corrected chi connectivity index (χ3v) is 6.46. The molecule has 7 heteroatoms. The van der Waals surface area contributed by atoms with Crippen LogP contribution in [0.5, 0.6) is 0 Å². The summed E-state index contributed by atoms with van der Waals surface area (Å²) in [6.45, 7) is 6.14. The zero-order chi connectivity index (χ0) is 19.2. The number of hydrogen-bond donors (Lipinski definition) is 1. The number of nitrogens with zero attached hydrogens (tertiary/aromatic N) is 4. The Hall–Kier alpha value is -2.18. The molecular weight excluding hydrogens is 342 g/mol. The van der Waals surface area contributed by atoms with Crippen LogP contribution >= 0.6 is 0 Å². The molecule has 1 atom stereocenters. The number of nitrogen functional groups attached to an aromatic ring is 1. The van der Waals surface area contributed by atoms with E-state index in [0.29, 0.717) is 24.8 Å². The number of rotatable bonds is 3. The molecule has 27 heavy (non-hydrogen) atoms. The van der Waals surface area contributed by atoms with Crippen LogP contribution in [-0.2, 0) is 16.0 Å². The van der Waals surface area contributed by atoms with Crippen LogP contribution in [0.3, 0.4) is 0 Å². The molecule has 2 N–H and O–H groups in total. The highest BCUT2D eigenvalue weighted by atomic mass is 16.2. The average Bonchev–Trinajstić information content (AvgIpc) is 3.45. The van der Waals surface area contributed by atoms with Gasteiger partial charge in [0.15, 0.2) is 0 Å². The molecule has 146 valence electrons. The maximum Gasteiger partial charge on any atom is 0.227 e. The maximum atomic E-state index is 13.0. The second kappa shape index (κ2) is 6.77. The molecule has 3 aliphatic rings. The lowest BCUT2D eigenvalue weighted by Gasteiger charge is -2.48. The van der Waals surface area contributed by atoms with Crippen molar-refractivity contribution in [1.29, 1.82) is 0 Å². The Morgan fingerprint density at radius 1 is 1.19 bits per heavy atom. The molecule has 2 aliphatic heterocycles. The number of nitrogens with two attached hydrogens (primary N) is 1. The van der Waals surface area contributed by atoms with Crippen LogP contribution in [0.25, 0.3) is 0 Å². The Labute approximate surface area is 160 Å². The van der Waals surface area contributed by atoms with Crippen molar-refractivity contribution in [3.63, 3.8) is 0 Å². The summed E-state index contributed by atoms with van der Waals surface area (Å²) in [4.78, 5) is 37.8. The van der Waals surface area contributed by atoms with Gasteiger partial charge in [-0.1, -0.05) is 0 Å². The monoisotopic (exact) mass is 371 g/mol. The van der Waals surface area contributed by atoms with E-state index in [0.717, 1.165) is 68.7 Å². The fourth-order valence-electron chi connectivity index (χ4n) is 4.80. The smallest absolute Gasteiger partial charge is 0.227 e. The lowest BCUT2D eigenvalue weighted by atomic mass is 9.73. The quantitative estimate of drug-likeness (QED) is 0.871. The number of hydrogen-bond acceptors (Lipinski definition) is 5. The number of likely N-dealkylation sites (tertiary alicyclic amines) is 2. The van der Waals surface area contributed by atoms with E-state index in [1.54, 1.807) is 0 Å². The van der Waals surface area contributed by atoms with Gasteiger partial charge in [-0.05, 0) is 46.0 Å². The zero-order valence-corrected chi connectivity index (χ0v) is 16.3. The molecule has 1 saturated carbocycles. The van der Waals surface area contributed by atoms with Crippen molar-refractivity contribution in [3.8, 4) is 0 Å². The van der Waals surface area contributed by atoms with E-state index in [2.05, 4.69) is 14.9 Å². The van der Waals surface area contributed by atoms with E-state index in [1.165, 1.54) is 0 Å². The Balaban J connectivity index is 1.46. The van der Waals surface area contributed by atoms with E-state index < -0.39 is 0 Å². The summed E-state index contributed by atoms with van der Waals surface area (Å²) in [6.07, 6.45) is 6.25. The van der Waals surface area contributed by atoms with Gasteiger partial charge in [0.1, 0.15) is 0 Å². The molecule has 1 spiro atoms. The fourth-order valence-corrected chi connectivity index (χ4v) is 4.80. The molecule has 2 amide bonds. The minimum atomic E-state index is 0.0755. The first-order valence-electron chi connectivity index (χ1n) is 10.0. The summed E-state index contributed by atoms with van der Waals surface area (Å²) in [5.41, 5.74) is 8.22. The lowest BCUT2D eigenvalue weighted by Crippen LogP contribution is -2.55. The third-order valence-electron chi connectivity index (χ3n) is 6.46. The maximum absolute atomic E-state index is 13.0. The van der Waals surface area contributed by atoms with E-state index in [4.69, 9.17) is 5.73 Å². The Kier molecular flexibility index (Phi) is 4.56. The molecule has 0 aromatic carbocycles. The minimum absolute atomic E-state index is 0.0755. The van der Waals surface area contributed by atoms with Crippen LogP contribution in [0.15, 0.2) is 0 Å². The van der Waals surface area contributed by atoms with Crippen LogP contribution in [0.1, 0.15) is 55.5 Å². The van der Waals surface area contributed by atoms with Gasteiger partial charge in [0, 0.05) is 54.5 Å². The summed E-state index contributed by atoms with van der Waals surface area (Å²) >= 11 is 0. The number of aryl methyl sites for hydroxylation is 2. The Morgan fingerprint density at radius 3 is 2.56 bits per heavy atom. The van der Waals surface area contributed by atoms with Crippen LogP contribution in [0, 0.1) is 19.3 Å². The molecule has 1 aromatic heterocycles. The van der Waals surface area contributed by atoms with E-state index in [1.807, 2.05) is 18.7 Å². The lowest BCUT2D eigenvalue weighted by molar-refractivity contribution is -0.143. The predicted octanol–water partition coefficient (Wildman–Crippen LogP) is 1.61. The normalized spacial score (nSPS) is 25.9. The van der Waals surface area contributed by atoms with Crippen molar-refractivity contribution < 1.29 is 9.59 Å². The van der Waals surface area contributed by atoms with Gasteiger partial charge >= 0.3 is 0 Å². The number of amides is 2. The van der Waals surface area contributed by atoms with Gasteiger partial charge in [0.2, 0.25) is 17.8 Å². The number of carbonyl (C=O) groups excluding carboxylic acids is 2. The molecular formula is C20H29N5O2. The van der Waals surface area contributed by atoms with Gasteiger partial charge in [0.25, 0.3) is 0 Å². The summed E-state index contributed by atoms with van der Waals surface area (Å²) < 4.78 is 0. The van der Waals surface area contributed by atoms with Crippen LogP contribution < -0.4 is 5.73 Å². The average molecular weight is 371 g/mol. The second-order valence-corrected chi connectivity index (χ2v) is 8.58. The molecule has 2 saturated heterocycles. The van der Waals surface area contributed by atoms with Gasteiger partial charge in [-0.25, -0.2) is 9.97 Å². The highest BCUT2D eigenvalue weighted by molar-refractivity contribution is 5.80. The molecule has 3 fully saturated rings. The highest BCUT2D eigenvalue weighted by Crippen LogP contribution is 2.42. The van der Waals surface area contributed by atoms with Gasteiger partial charge < -0.3 is 15.5 Å². The SMILES string of the molecule is Cc1nc(N)nc(C)c1CC(=O)N1CCCC2(CCC(=O)N(C3CC3)C2)C1. The molecule has 3 heterocycles. The third kappa shape index (κ3) is 3.64. The van der Waals surface area contributed by atoms with E-state index >= 15 is 0 Å². The predicted molar refractivity (Wildman–Crippen MR) is 102 cm³/mol. The summed E-state index contributed by atoms with van der Waals surface area (Å²) in [5, 5.41) is 0. The second-order valence-electron chi connectivity index (χ2n) is 8.58. The molecule has 0 radical (unpaired) electrons. The van der Waals surface area contributed by atoms with Crippen LogP contribution in [0.4, 0.5) is 5.95 Å². The first kappa shape index (κ1) is 18.2. The van der Waals surface area contributed by atoms with Crippen molar-refractivity contribution in [1.82, 2.24) is 19.8 Å². The first-order chi connectivity index (χ1) is 12.9. The highest BCUT2D eigenvalue weighted by Gasteiger charge is 2.46. The number of piperidine rings is 2. The van der Waals surface area contributed by atoms with Gasteiger partial charge in [-0.2, -0.15) is 0 Å². The fraction of sp³-hybridized carbons (Fsp3) is 0.700. The number of anilines is 1. The van der Waals surface area contributed by atoms with Gasteiger partial charge in [-0.15, -0.1) is 0 Å². The molecule has 0 bridgehead atoms. The van der Waals surface area contributed by atoms with Crippen molar-refractivity contribution >= 4 is 17.8 Å². The molecule has 4 rings (SSSR count). The minimum Gasteiger partial charge on any atom is -0.368 e. The zero-order valence-electron chi connectivity index (χ0n) is 16.3. The standard InChI is InChI=1S/C20H29N5O2/c1-13-16(14(2)23-19(21)22-13)10-18(27)24-9-3-7-20(11-24)8-6-17(26)25(12-20)15-4-5-15/h15H,3-12H2,1-2H3,(H2,21,22,23). The first-order valence-corrected chi connectivity index (χ1v) is 10.0. The van der Waals surface area contributed by atoms with Gasteiger partial charge in [0.05, 0.1) is 6.42 Å². The van der Waals surface area contributed by atoms with Crippen LogP contribution in [-0.4, -0.2) is 57.3 Å². The van der Waals surface area contributed by atoms with Crippen molar-refractivity contribution in [2.45, 2.75) is 64.8 Å². The largest absolute Gasteiger partial charge is 0.368 e. The van der Waals surface area contributed by atoms with Crippen molar-refractivity contribution in [2.24, 2.45) is 5.41 Å². The van der Waals surface area contributed by atoms with Crippen molar-refractivity contribution in [3.05, 3.63) is 17.0 Å². The molecule has 1 unspecified atom stereocenters. The molecule has 1 aromatic rings. The van der Waals surface area contributed by atoms with Crippen molar-refractivity contribution in [2.75, 3.05) is 25.4 Å². The van der Waals surface area contributed by atoms with E-state index in [9.17, 15) is 9.59 Å². The topological polar surface area (TPSA) is 92.4 Å². The summed E-state index contributed by atoms with van der Waals surface area (Å²) in [5.74, 6) is 0.686.